The SMILES string of the molecule is CN=C(NCc1nnc(C)n1C)NC1CCN(C2CCCCC2)CC1. The molecule has 0 aromatic carbocycles. The van der Waals surface area contributed by atoms with Gasteiger partial charge in [-0.3, -0.25) is 4.99 Å². The number of likely N-dealkylation sites (tertiary alicyclic amines) is 1. The van der Waals surface area contributed by atoms with Crippen molar-refractivity contribution in [1.82, 2.24) is 30.3 Å². The third kappa shape index (κ3) is 4.71. The monoisotopic (exact) mass is 347 g/mol. The molecular formula is C18H33N7. The zero-order valence-corrected chi connectivity index (χ0v) is 16.0. The second-order valence-electron chi connectivity index (χ2n) is 7.39. The third-order valence-corrected chi connectivity index (χ3v) is 5.78. The molecule has 2 aliphatic rings. The van der Waals surface area contributed by atoms with E-state index in [1.807, 2.05) is 25.6 Å². The molecule has 1 aromatic heterocycles. The Kier molecular flexibility index (Phi) is 6.29. The number of aliphatic imine (C=N–C) groups is 1. The zero-order valence-electron chi connectivity index (χ0n) is 16.0. The Morgan fingerprint density at radius 1 is 1.12 bits per heavy atom. The van der Waals surface area contributed by atoms with Crippen molar-refractivity contribution in [2.45, 2.75) is 70.5 Å². The van der Waals surface area contributed by atoms with E-state index in [0.717, 1.165) is 23.7 Å². The second kappa shape index (κ2) is 8.65. The molecule has 0 amide bonds. The average molecular weight is 348 g/mol. The number of aryl methyl sites for hydroxylation is 1. The molecule has 7 heteroatoms. The van der Waals surface area contributed by atoms with Gasteiger partial charge >= 0.3 is 0 Å². The summed E-state index contributed by atoms with van der Waals surface area (Å²) in [4.78, 5) is 7.08. The molecule has 2 N–H and O–H groups in total. The van der Waals surface area contributed by atoms with Gasteiger partial charge in [0.1, 0.15) is 5.82 Å². The first-order valence-electron chi connectivity index (χ1n) is 9.73. The van der Waals surface area contributed by atoms with E-state index in [-0.39, 0.29) is 0 Å². The largest absolute Gasteiger partial charge is 0.354 e. The lowest BCUT2D eigenvalue weighted by atomic mass is 9.92. The minimum absolute atomic E-state index is 0.507. The van der Waals surface area contributed by atoms with Crippen LogP contribution in [0.1, 0.15) is 56.6 Å². The quantitative estimate of drug-likeness (QED) is 0.639. The lowest BCUT2D eigenvalue weighted by Gasteiger charge is -2.39. The smallest absolute Gasteiger partial charge is 0.191 e. The van der Waals surface area contributed by atoms with Crippen LogP contribution in [0.5, 0.6) is 0 Å². The van der Waals surface area contributed by atoms with Gasteiger partial charge in [0.2, 0.25) is 0 Å². The molecule has 0 atom stereocenters. The number of rotatable bonds is 4. The Labute approximate surface area is 151 Å². The maximum atomic E-state index is 4.37. The van der Waals surface area contributed by atoms with Crippen molar-refractivity contribution in [3.05, 3.63) is 11.6 Å². The highest BCUT2D eigenvalue weighted by Gasteiger charge is 2.26. The average Bonchev–Trinajstić information content (AvgIpc) is 2.98. The van der Waals surface area contributed by atoms with E-state index in [0.29, 0.717) is 12.6 Å². The first kappa shape index (κ1) is 18.2. The topological polar surface area (TPSA) is 70.4 Å². The highest BCUT2D eigenvalue weighted by molar-refractivity contribution is 5.79. The lowest BCUT2D eigenvalue weighted by molar-refractivity contribution is 0.119. The fourth-order valence-corrected chi connectivity index (χ4v) is 4.01. The van der Waals surface area contributed by atoms with Gasteiger partial charge in [-0.15, -0.1) is 10.2 Å². The van der Waals surface area contributed by atoms with E-state index in [9.17, 15) is 0 Å². The van der Waals surface area contributed by atoms with Gasteiger partial charge in [-0.05, 0) is 32.6 Å². The standard InChI is InChI=1S/C18H33N7/c1-14-22-23-17(24(14)3)13-20-18(19-2)21-15-9-11-25(12-10-15)16-7-5-4-6-8-16/h15-16H,4-13H2,1-3H3,(H2,19,20,21). The van der Waals surface area contributed by atoms with E-state index < -0.39 is 0 Å². The number of nitrogens with zero attached hydrogens (tertiary/aromatic N) is 5. The summed E-state index contributed by atoms with van der Waals surface area (Å²) in [5.41, 5.74) is 0. The fraction of sp³-hybridized carbons (Fsp3) is 0.833. The van der Waals surface area contributed by atoms with Crippen molar-refractivity contribution in [1.29, 1.82) is 0 Å². The van der Waals surface area contributed by atoms with Crippen molar-refractivity contribution in [3.63, 3.8) is 0 Å². The Bertz CT molecular complexity index is 566. The zero-order chi connectivity index (χ0) is 17.6. The molecule has 7 nitrogen and oxygen atoms in total. The molecule has 1 aliphatic heterocycles. The highest BCUT2D eigenvalue weighted by atomic mass is 15.3. The summed E-state index contributed by atoms with van der Waals surface area (Å²) in [6, 6.07) is 1.35. The van der Waals surface area contributed by atoms with Crippen LogP contribution in [0.2, 0.25) is 0 Å². The van der Waals surface area contributed by atoms with Gasteiger partial charge in [-0.25, -0.2) is 0 Å². The fourth-order valence-electron chi connectivity index (χ4n) is 4.01. The number of hydrogen-bond acceptors (Lipinski definition) is 4. The first-order valence-corrected chi connectivity index (χ1v) is 9.73. The van der Waals surface area contributed by atoms with Crippen molar-refractivity contribution in [3.8, 4) is 0 Å². The van der Waals surface area contributed by atoms with Crippen LogP contribution in [-0.4, -0.2) is 57.8 Å². The number of nitrogens with one attached hydrogen (secondary N) is 2. The Hall–Kier alpha value is -1.63. The van der Waals surface area contributed by atoms with Crippen molar-refractivity contribution < 1.29 is 0 Å². The Morgan fingerprint density at radius 2 is 1.84 bits per heavy atom. The number of aromatic nitrogens is 3. The summed E-state index contributed by atoms with van der Waals surface area (Å²) in [7, 11) is 3.82. The molecule has 140 valence electrons. The summed E-state index contributed by atoms with van der Waals surface area (Å²) in [6.07, 6.45) is 9.46. The minimum Gasteiger partial charge on any atom is -0.354 e. The molecule has 2 heterocycles. The molecule has 1 aromatic rings. The summed E-state index contributed by atoms with van der Waals surface area (Å²) in [5.74, 6) is 2.71. The van der Waals surface area contributed by atoms with Gasteiger partial charge in [0.25, 0.3) is 0 Å². The van der Waals surface area contributed by atoms with E-state index in [1.165, 1.54) is 58.0 Å². The van der Waals surface area contributed by atoms with Gasteiger partial charge in [-0.1, -0.05) is 19.3 Å². The summed E-state index contributed by atoms with van der Waals surface area (Å²) < 4.78 is 2.00. The van der Waals surface area contributed by atoms with Crippen LogP contribution in [0.4, 0.5) is 0 Å². The van der Waals surface area contributed by atoms with Gasteiger partial charge in [0.15, 0.2) is 11.8 Å². The second-order valence-corrected chi connectivity index (χ2v) is 7.39. The Morgan fingerprint density at radius 3 is 2.44 bits per heavy atom. The van der Waals surface area contributed by atoms with Crippen LogP contribution in [0, 0.1) is 6.92 Å². The molecule has 3 rings (SSSR count). The van der Waals surface area contributed by atoms with E-state index in [2.05, 4.69) is 30.7 Å². The molecule has 0 spiro atoms. The van der Waals surface area contributed by atoms with Gasteiger partial charge in [0.05, 0.1) is 6.54 Å². The van der Waals surface area contributed by atoms with Crippen LogP contribution in [0.15, 0.2) is 4.99 Å². The molecule has 0 unspecified atom stereocenters. The van der Waals surface area contributed by atoms with Crippen LogP contribution in [0.3, 0.4) is 0 Å². The normalized spacial score (nSPS) is 21.5. The lowest BCUT2D eigenvalue weighted by Crippen LogP contribution is -2.50. The van der Waals surface area contributed by atoms with Gasteiger partial charge < -0.3 is 20.1 Å². The van der Waals surface area contributed by atoms with Crippen LogP contribution < -0.4 is 10.6 Å². The summed E-state index contributed by atoms with van der Waals surface area (Å²) in [6.45, 7) is 5.02. The molecule has 25 heavy (non-hydrogen) atoms. The molecular weight excluding hydrogens is 314 g/mol. The number of hydrogen-bond donors (Lipinski definition) is 2. The molecule has 0 bridgehead atoms. The Balaban J connectivity index is 1.43. The maximum Gasteiger partial charge on any atom is 0.191 e. The predicted octanol–water partition coefficient (Wildman–Crippen LogP) is 1.59. The molecule has 1 aliphatic carbocycles. The van der Waals surface area contributed by atoms with Crippen molar-refractivity contribution >= 4 is 5.96 Å². The number of guanidine groups is 1. The van der Waals surface area contributed by atoms with E-state index in [4.69, 9.17) is 0 Å². The minimum atomic E-state index is 0.507. The van der Waals surface area contributed by atoms with E-state index >= 15 is 0 Å². The molecule has 1 saturated carbocycles. The van der Waals surface area contributed by atoms with E-state index in [1.54, 1.807) is 0 Å². The van der Waals surface area contributed by atoms with Crippen LogP contribution in [-0.2, 0) is 13.6 Å². The molecule has 0 radical (unpaired) electrons. The van der Waals surface area contributed by atoms with Crippen molar-refractivity contribution in [2.24, 2.45) is 12.0 Å². The van der Waals surface area contributed by atoms with Crippen LogP contribution in [0.25, 0.3) is 0 Å². The van der Waals surface area contributed by atoms with Crippen molar-refractivity contribution in [2.75, 3.05) is 20.1 Å². The first-order chi connectivity index (χ1) is 12.2. The number of piperidine rings is 1. The van der Waals surface area contributed by atoms with Gasteiger partial charge in [-0.2, -0.15) is 0 Å². The van der Waals surface area contributed by atoms with Gasteiger partial charge in [0, 0.05) is 39.3 Å². The van der Waals surface area contributed by atoms with Crippen LogP contribution >= 0.6 is 0 Å². The maximum absolute atomic E-state index is 4.37. The summed E-state index contributed by atoms with van der Waals surface area (Å²) >= 11 is 0. The highest BCUT2D eigenvalue weighted by Crippen LogP contribution is 2.25. The summed E-state index contributed by atoms with van der Waals surface area (Å²) in [5, 5.41) is 15.2. The molecule has 1 saturated heterocycles. The molecule has 2 fully saturated rings. The predicted molar refractivity (Wildman–Crippen MR) is 101 cm³/mol. The third-order valence-electron chi connectivity index (χ3n) is 5.78.